The van der Waals surface area contributed by atoms with Crippen LogP contribution in [0.15, 0.2) is 54.7 Å². The van der Waals surface area contributed by atoms with Gasteiger partial charge < -0.3 is 16.0 Å². The van der Waals surface area contributed by atoms with Crippen LogP contribution in [0, 0.1) is 13.8 Å². The van der Waals surface area contributed by atoms with Crippen molar-refractivity contribution in [1.82, 2.24) is 4.98 Å². The van der Waals surface area contributed by atoms with Crippen molar-refractivity contribution in [2.24, 2.45) is 0 Å². The summed E-state index contributed by atoms with van der Waals surface area (Å²) in [4.78, 5) is 16.5. The summed E-state index contributed by atoms with van der Waals surface area (Å²) in [5, 5.41) is 8.19. The zero-order valence-electron chi connectivity index (χ0n) is 17.4. The molecule has 0 atom stereocenters. The number of carbonyl (C=O) groups excluding carboxylic acids is 1. The van der Waals surface area contributed by atoms with E-state index in [1.54, 1.807) is 6.07 Å². The zero-order chi connectivity index (χ0) is 22.6. The Bertz CT molecular complexity index is 1080. The number of hydrogen-bond acceptors (Lipinski definition) is 3. The fourth-order valence-corrected chi connectivity index (χ4v) is 3.27. The number of nitrogens with zero attached hydrogens (tertiary/aromatic N) is 1. The van der Waals surface area contributed by atoms with E-state index in [1.165, 1.54) is 24.4 Å². The molecule has 0 fully saturated rings. The van der Waals surface area contributed by atoms with E-state index in [0.717, 1.165) is 17.2 Å². The first-order valence-electron chi connectivity index (χ1n) is 9.74. The van der Waals surface area contributed by atoms with Gasteiger partial charge in [0, 0.05) is 24.1 Å². The molecule has 3 rings (SSSR count). The van der Waals surface area contributed by atoms with Crippen LogP contribution in [0.4, 0.5) is 35.2 Å². The number of amides is 2. The van der Waals surface area contributed by atoms with Gasteiger partial charge in [-0.1, -0.05) is 24.3 Å². The molecule has 0 saturated carbocycles. The van der Waals surface area contributed by atoms with Crippen LogP contribution in [0.1, 0.15) is 23.6 Å². The molecule has 0 radical (unpaired) electrons. The van der Waals surface area contributed by atoms with Crippen LogP contribution in [0.5, 0.6) is 0 Å². The summed E-state index contributed by atoms with van der Waals surface area (Å²) in [7, 11) is 0. The van der Waals surface area contributed by atoms with Gasteiger partial charge in [-0.3, -0.25) is 0 Å². The molecule has 2 amide bonds. The van der Waals surface area contributed by atoms with Gasteiger partial charge in [-0.05, 0) is 67.3 Å². The van der Waals surface area contributed by atoms with E-state index in [1.807, 2.05) is 39.0 Å². The number of aromatic nitrogens is 1. The molecule has 0 aliphatic carbocycles. The number of urea groups is 1. The lowest BCUT2D eigenvalue weighted by atomic mass is 9.99. The first kappa shape index (κ1) is 22.1. The molecule has 162 valence electrons. The molecule has 3 aromatic rings. The maximum absolute atomic E-state index is 13.8. The number of pyridine rings is 1. The van der Waals surface area contributed by atoms with Crippen molar-refractivity contribution < 1.29 is 18.0 Å². The predicted molar refractivity (Wildman–Crippen MR) is 117 cm³/mol. The normalized spacial score (nSPS) is 11.2. The summed E-state index contributed by atoms with van der Waals surface area (Å²) in [6.07, 6.45) is -3.14. The molecule has 0 aliphatic rings. The average molecular weight is 428 g/mol. The van der Waals surface area contributed by atoms with Crippen LogP contribution in [-0.4, -0.2) is 17.6 Å². The number of hydrogen-bond donors (Lipinski definition) is 3. The third-order valence-corrected chi connectivity index (χ3v) is 4.73. The van der Waals surface area contributed by atoms with Gasteiger partial charge in [0.15, 0.2) is 0 Å². The van der Waals surface area contributed by atoms with Crippen molar-refractivity contribution >= 4 is 23.2 Å². The van der Waals surface area contributed by atoms with Crippen LogP contribution < -0.4 is 16.0 Å². The summed E-state index contributed by atoms with van der Waals surface area (Å²) in [6.45, 7) is 6.16. The van der Waals surface area contributed by atoms with Crippen LogP contribution in [0.2, 0.25) is 0 Å². The topological polar surface area (TPSA) is 66.0 Å². The quantitative estimate of drug-likeness (QED) is 0.437. The van der Waals surface area contributed by atoms with E-state index in [4.69, 9.17) is 0 Å². The molecular weight excluding hydrogens is 405 g/mol. The summed E-state index contributed by atoms with van der Waals surface area (Å²) in [5.74, 6) is 0.489. The van der Waals surface area contributed by atoms with E-state index in [0.29, 0.717) is 23.6 Å². The van der Waals surface area contributed by atoms with E-state index < -0.39 is 17.8 Å². The smallest absolute Gasteiger partial charge is 0.370 e. The highest BCUT2D eigenvalue weighted by atomic mass is 19.4. The van der Waals surface area contributed by atoms with Gasteiger partial charge in [0.05, 0.1) is 5.56 Å². The second-order valence-corrected chi connectivity index (χ2v) is 7.06. The molecule has 5 nitrogen and oxygen atoms in total. The van der Waals surface area contributed by atoms with Crippen molar-refractivity contribution in [3.8, 4) is 11.1 Å². The van der Waals surface area contributed by atoms with Gasteiger partial charge in [0.25, 0.3) is 0 Å². The number of anilines is 3. The molecule has 0 aliphatic heterocycles. The molecule has 0 saturated heterocycles. The van der Waals surface area contributed by atoms with Crippen molar-refractivity contribution in [2.75, 3.05) is 22.5 Å². The Kier molecular flexibility index (Phi) is 6.48. The molecule has 1 aromatic heterocycles. The van der Waals surface area contributed by atoms with Crippen molar-refractivity contribution in [2.45, 2.75) is 26.9 Å². The number of para-hydroxylation sites is 1. The number of halogens is 3. The highest BCUT2D eigenvalue weighted by molar-refractivity contribution is 6.01. The lowest BCUT2D eigenvalue weighted by molar-refractivity contribution is -0.137. The number of benzene rings is 2. The molecule has 0 spiro atoms. The van der Waals surface area contributed by atoms with Crippen molar-refractivity contribution in [1.29, 1.82) is 0 Å². The Labute approximate surface area is 178 Å². The summed E-state index contributed by atoms with van der Waals surface area (Å²) < 4.78 is 41.4. The van der Waals surface area contributed by atoms with Crippen LogP contribution in [0.3, 0.4) is 0 Å². The first-order chi connectivity index (χ1) is 14.7. The van der Waals surface area contributed by atoms with Gasteiger partial charge >= 0.3 is 12.2 Å². The maximum Gasteiger partial charge on any atom is 0.417 e. The van der Waals surface area contributed by atoms with Gasteiger partial charge in [0.2, 0.25) is 0 Å². The third-order valence-electron chi connectivity index (χ3n) is 4.73. The van der Waals surface area contributed by atoms with Gasteiger partial charge in [-0.15, -0.1) is 0 Å². The minimum Gasteiger partial charge on any atom is -0.370 e. The van der Waals surface area contributed by atoms with Crippen molar-refractivity contribution in [3.05, 3.63) is 71.4 Å². The predicted octanol–water partition coefficient (Wildman–Crippen LogP) is 6.46. The molecule has 0 bridgehead atoms. The highest BCUT2D eigenvalue weighted by Crippen LogP contribution is 2.39. The van der Waals surface area contributed by atoms with Gasteiger partial charge in [-0.25, -0.2) is 9.78 Å². The molecule has 2 aromatic carbocycles. The standard InChI is InChI=1S/C23H23F3N4O/c1-4-27-20-12-16(10-11-28-20)18-9-8-17(13-19(18)23(24,25)26)29-22(31)30-21-14(2)6-5-7-15(21)3/h5-13H,4H2,1-3H3,(H,27,28)(H2,29,30,31). The molecular formula is C23H23F3N4O. The van der Waals surface area contributed by atoms with Crippen LogP contribution in [0.25, 0.3) is 11.1 Å². The molecule has 8 heteroatoms. The number of carbonyl (C=O) groups is 1. The van der Waals surface area contributed by atoms with E-state index in [9.17, 15) is 18.0 Å². The molecule has 0 unspecified atom stereocenters. The number of nitrogens with one attached hydrogen (secondary N) is 3. The maximum atomic E-state index is 13.8. The second-order valence-electron chi connectivity index (χ2n) is 7.06. The Morgan fingerprint density at radius 2 is 1.71 bits per heavy atom. The minimum absolute atomic E-state index is 0.00904. The largest absolute Gasteiger partial charge is 0.417 e. The van der Waals surface area contributed by atoms with Gasteiger partial charge in [0.1, 0.15) is 5.82 Å². The summed E-state index contributed by atoms with van der Waals surface area (Å²) in [6, 6.07) is 11.8. The zero-order valence-corrected chi connectivity index (χ0v) is 17.4. The Morgan fingerprint density at radius 1 is 1.00 bits per heavy atom. The summed E-state index contributed by atoms with van der Waals surface area (Å²) in [5.41, 5.74) is 1.93. The van der Waals surface area contributed by atoms with Crippen molar-refractivity contribution in [3.63, 3.8) is 0 Å². The number of alkyl halides is 3. The lowest BCUT2D eigenvalue weighted by Crippen LogP contribution is -2.21. The van der Waals surface area contributed by atoms with E-state index in [2.05, 4.69) is 20.9 Å². The molecule has 31 heavy (non-hydrogen) atoms. The fourth-order valence-electron chi connectivity index (χ4n) is 3.27. The number of rotatable bonds is 5. The first-order valence-corrected chi connectivity index (χ1v) is 9.74. The van der Waals surface area contributed by atoms with Crippen LogP contribution in [-0.2, 0) is 6.18 Å². The Morgan fingerprint density at radius 3 is 2.35 bits per heavy atom. The SMILES string of the molecule is CCNc1cc(-c2ccc(NC(=O)Nc3c(C)cccc3C)cc2C(F)(F)F)ccn1. The number of aryl methyl sites for hydroxylation is 2. The Balaban J connectivity index is 1.90. The second kappa shape index (κ2) is 9.07. The highest BCUT2D eigenvalue weighted by Gasteiger charge is 2.34. The van der Waals surface area contributed by atoms with Gasteiger partial charge in [-0.2, -0.15) is 13.2 Å². The molecule has 3 N–H and O–H groups in total. The average Bonchev–Trinajstić information content (AvgIpc) is 2.71. The Hall–Kier alpha value is -3.55. The molecule has 1 heterocycles. The van der Waals surface area contributed by atoms with E-state index in [-0.39, 0.29) is 11.3 Å². The van der Waals surface area contributed by atoms with E-state index >= 15 is 0 Å². The van der Waals surface area contributed by atoms with Crippen LogP contribution >= 0.6 is 0 Å². The summed E-state index contributed by atoms with van der Waals surface area (Å²) >= 11 is 0. The lowest BCUT2D eigenvalue weighted by Gasteiger charge is -2.17. The monoisotopic (exact) mass is 428 g/mol. The fraction of sp³-hybridized carbons (Fsp3) is 0.217. The third kappa shape index (κ3) is 5.33. The minimum atomic E-state index is -4.60.